The van der Waals surface area contributed by atoms with E-state index >= 15 is 0 Å². The molecule has 0 aliphatic rings. The minimum Gasteiger partial charge on any atom is -1.00 e. The van der Waals surface area contributed by atoms with E-state index in [0.29, 0.717) is 0 Å². The molecule has 0 saturated heterocycles. The van der Waals surface area contributed by atoms with Crippen LogP contribution in [0.1, 0.15) is 20.3 Å². The molecule has 22 heteroatoms. The molecule has 0 radical (unpaired) electrons. The molecule has 0 amide bonds. The molecule has 0 aliphatic heterocycles. The molecule has 29 heavy (non-hydrogen) atoms. The zero-order chi connectivity index (χ0) is 16.3. The normalized spacial score (nSPS) is 9.38. The van der Waals surface area contributed by atoms with Crippen LogP contribution in [0.4, 0.5) is 4.70 Å². The van der Waals surface area contributed by atoms with Crippen LogP contribution in [-0.4, -0.2) is 25.5 Å². The fourth-order valence-corrected chi connectivity index (χ4v) is 4.08. The molecule has 0 saturated carbocycles. The monoisotopic (exact) mass is 614 g/mol. The van der Waals surface area contributed by atoms with Gasteiger partial charge in [0.15, 0.2) is 0 Å². The standard InChI is InChI=1S/C7H9O11P3.FH.4K.3Na.7H/c8-7(6-4-2-1-3-5-6)16-21(15,17-19(9,10)11)18-20(12,13)14;;;;;;;;;;;;;;;/h1-5H,(H2,9,10,11)(H2,12,13,14);1H;;;;;;;;;;;;;;/q;;7*+1;7*-1. The molecule has 4 N–H and O–H groups in total. The number of benzene rings is 1. The fraction of sp³-hybridized carbons (Fsp3) is 0. The second kappa shape index (κ2) is 28.2. The minimum absolute atomic E-state index is 0. The Kier molecular flexibility index (Phi) is 55.8. The summed E-state index contributed by atoms with van der Waals surface area (Å²) in [6.45, 7) is 0. The molecule has 0 bridgehead atoms. The van der Waals surface area contributed by atoms with Crippen LogP contribution in [0, 0.1) is 0 Å². The van der Waals surface area contributed by atoms with Gasteiger partial charge < -0.3 is 34.1 Å². The van der Waals surface area contributed by atoms with E-state index in [1.165, 1.54) is 30.3 Å². The summed E-state index contributed by atoms with van der Waals surface area (Å²) in [5, 5.41) is 0. The number of carbonyl (C=O) groups excluding carboxylic acids is 1. The van der Waals surface area contributed by atoms with Crippen LogP contribution in [0.5, 0.6) is 0 Å². The first-order valence-corrected chi connectivity index (χ1v) is 9.35. The summed E-state index contributed by atoms with van der Waals surface area (Å²) in [5.41, 5.74) is -0.221. The van der Waals surface area contributed by atoms with Gasteiger partial charge in [-0.1, -0.05) is 18.2 Å². The molecule has 0 aliphatic carbocycles. The Balaban J connectivity index is -0.0000000226. The zero-order valence-corrected chi connectivity index (χ0v) is 38.5. The Morgan fingerprint density at radius 1 is 0.759 bits per heavy atom. The van der Waals surface area contributed by atoms with Gasteiger partial charge in [0, 0.05) is 0 Å². The van der Waals surface area contributed by atoms with Crippen molar-refractivity contribution in [2.75, 3.05) is 0 Å². The summed E-state index contributed by atoms with van der Waals surface area (Å²) in [7, 11) is -16.6. The molecule has 0 unspecified atom stereocenters. The Bertz CT molecular complexity index is 677. The van der Waals surface area contributed by atoms with Crippen molar-refractivity contribution in [2.45, 2.75) is 0 Å². The van der Waals surface area contributed by atoms with Crippen molar-refractivity contribution in [1.82, 2.24) is 0 Å². The molecule has 140 valence electrons. The van der Waals surface area contributed by atoms with Gasteiger partial charge in [0.25, 0.3) is 0 Å². The van der Waals surface area contributed by atoms with Gasteiger partial charge in [-0.2, -0.15) is 8.62 Å². The minimum atomic E-state index is -5.56. The van der Waals surface area contributed by atoms with E-state index in [-0.39, 0.29) is 314 Å². The number of rotatable bonds is 6. The number of halogens is 1. The molecule has 1 aromatic carbocycles. The molecule has 1 rings (SSSR count). The molecular weight excluding hydrogens is 597 g/mol. The van der Waals surface area contributed by atoms with E-state index in [1.807, 2.05) is 0 Å². The number of hydrogen-bond acceptors (Lipinski definition) is 7. The summed E-state index contributed by atoms with van der Waals surface area (Å²) in [4.78, 5) is 45.7. The third kappa shape index (κ3) is 31.0. The fourth-order valence-electron chi connectivity index (χ4n) is 1.04. The third-order valence-electron chi connectivity index (χ3n) is 1.62. The van der Waals surface area contributed by atoms with Gasteiger partial charge in [-0.15, -0.1) is 0 Å². The number of hydrogen-bond donors (Lipinski definition) is 4. The van der Waals surface area contributed by atoms with Gasteiger partial charge in [-0.05, 0) is 12.1 Å². The zero-order valence-electron chi connectivity index (χ0n) is 24.3. The van der Waals surface area contributed by atoms with Gasteiger partial charge in [0.05, 0.1) is 5.56 Å². The van der Waals surface area contributed by atoms with Crippen LogP contribution in [0.2, 0.25) is 0 Å². The van der Waals surface area contributed by atoms with Crippen molar-refractivity contribution < 1.29 is 360 Å². The smallest absolute Gasteiger partial charge is 1.00 e. The first kappa shape index (κ1) is 57.5. The second-order valence-electron chi connectivity index (χ2n) is 3.34. The quantitative estimate of drug-likeness (QED) is 0.177. The van der Waals surface area contributed by atoms with E-state index in [1.54, 1.807) is 0 Å². The summed E-state index contributed by atoms with van der Waals surface area (Å²) in [6.07, 6.45) is 0. The molecule has 0 fully saturated rings. The largest absolute Gasteiger partial charge is 1.00 e. The van der Waals surface area contributed by atoms with E-state index in [4.69, 9.17) is 19.6 Å². The van der Waals surface area contributed by atoms with Crippen molar-refractivity contribution in [3.63, 3.8) is 0 Å². The van der Waals surface area contributed by atoms with Crippen molar-refractivity contribution in [2.24, 2.45) is 0 Å². The predicted octanol–water partition coefficient (Wildman–Crippen LogP) is -18.9. The Hall–Kier alpha value is 8.62. The first-order valence-electron chi connectivity index (χ1n) is 4.83. The predicted molar refractivity (Wildman–Crippen MR) is 76.0 cm³/mol. The van der Waals surface area contributed by atoms with Crippen molar-refractivity contribution in [3.8, 4) is 0 Å². The maximum absolute atomic E-state index is 11.8. The molecule has 1 aromatic rings. The average Bonchev–Trinajstić information content (AvgIpc) is 2.24. The van der Waals surface area contributed by atoms with Gasteiger partial charge >= 0.3 is 324 Å². The van der Waals surface area contributed by atoms with Gasteiger partial charge in [-0.25, -0.2) is 18.5 Å². The summed E-state index contributed by atoms with van der Waals surface area (Å²) in [6, 6.07) is 6.66. The van der Waals surface area contributed by atoms with Crippen LogP contribution in [0.15, 0.2) is 30.3 Å². The Morgan fingerprint density at radius 2 is 1.07 bits per heavy atom. The molecule has 0 atom stereocenters. The van der Waals surface area contributed by atoms with Crippen LogP contribution >= 0.6 is 23.5 Å². The number of carbonyl (C=O) groups is 1. The molecule has 0 spiro atoms. The second-order valence-corrected chi connectivity index (χ2v) is 7.68. The Morgan fingerprint density at radius 3 is 1.34 bits per heavy atom. The van der Waals surface area contributed by atoms with E-state index in [2.05, 4.69) is 13.1 Å². The topological polar surface area (TPSA) is 177 Å². The molecule has 0 heterocycles. The molecular formula is C7H17FK4Na3O11P3. The third-order valence-corrected chi connectivity index (χ3v) is 5.31. The van der Waals surface area contributed by atoms with Crippen LogP contribution in [0.3, 0.4) is 0 Å². The van der Waals surface area contributed by atoms with Gasteiger partial charge in [0.2, 0.25) is 0 Å². The van der Waals surface area contributed by atoms with E-state index in [9.17, 15) is 18.5 Å². The maximum Gasteiger partial charge on any atom is 1.00 e. The van der Waals surface area contributed by atoms with E-state index in [0.717, 1.165) is 0 Å². The Labute approximate surface area is 413 Å². The number of phosphoric acid groups is 3. The summed E-state index contributed by atoms with van der Waals surface area (Å²) >= 11 is 0. The van der Waals surface area contributed by atoms with Gasteiger partial charge in [0.1, 0.15) is 0 Å². The average molecular weight is 614 g/mol. The van der Waals surface area contributed by atoms with E-state index < -0.39 is 29.4 Å². The van der Waals surface area contributed by atoms with Crippen molar-refractivity contribution in [3.05, 3.63) is 35.9 Å². The van der Waals surface area contributed by atoms with Crippen molar-refractivity contribution >= 4 is 29.4 Å². The van der Waals surface area contributed by atoms with Crippen LogP contribution in [0.25, 0.3) is 0 Å². The molecule has 11 nitrogen and oxygen atoms in total. The van der Waals surface area contributed by atoms with Crippen LogP contribution < -0.4 is 294 Å². The van der Waals surface area contributed by atoms with Crippen molar-refractivity contribution in [1.29, 1.82) is 0 Å². The molecule has 0 aromatic heterocycles. The van der Waals surface area contributed by atoms with Crippen LogP contribution in [-0.2, 0) is 26.8 Å². The first-order chi connectivity index (χ1) is 9.40. The van der Waals surface area contributed by atoms with Gasteiger partial charge in [-0.3, -0.25) is 4.70 Å². The maximum atomic E-state index is 11.8. The summed E-state index contributed by atoms with van der Waals surface area (Å²) < 4.78 is 44.2. The SMILES string of the molecule is F.O=C(OP(=O)(OP(=O)(O)O)OP(=O)(O)O)c1ccccc1.[H-].[H-].[H-].[H-].[H-].[H-].[H-].[K+].[K+].[K+].[K+].[Na+].[Na+].[Na+]. The summed E-state index contributed by atoms with van der Waals surface area (Å²) in [5.74, 6) is -1.43.